The third-order valence-electron chi connectivity index (χ3n) is 5.93. The van der Waals surface area contributed by atoms with Gasteiger partial charge in [0.25, 0.3) is 10.0 Å². The van der Waals surface area contributed by atoms with Gasteiger partial charge in [0.05, 0.1) is 32.0 Å². The van der Waals surface area contributed by atoms with Crippen LogP contribution in [0.3, 0.4) is 0 Å². The largest absolute Gasteiger partial charge is 0.465 e. The van der Waals surface area contributed by atoms with Gasteiger partial charge in [0.15, 0.2) is 5.58 Å². The second kappa shape index (κ2) is 9.91. The second-order valence-corrected chi connectivity index (χ2v) is 12.2. The highest BCUT2D eigenvalue weighted by molar-refractivity contribution is 7.92. The lowest BCUT2D eigenvalue weighted by Crippen LogP contribution is -2.35. The van der Waals surface area contributed by atoms with E-state index in [-0.39, 0.29) is 51.1 Å². The van der Waals surface area contributed by atoms with E-state index in [4.69, 9.17) is 9.15 Å². The van der Waals surface area contributed by atoms with Crippen LogP contribution in [0, 0.1) is 5.82 Å². The Labute approximate surface area is 227 Å². The molecule has 1 aliphatic heterocycles. The van der Waals surface area contributed by atoms with Crippen LogP contribution in [0.15, 0.2) is 68.3 Å². The van der Waals surface area contributed by atoms with Gasteiger partial charge in [-0.3, -0.25) is 9.52 Å². The molecule has 0 atom stereocenters. The Morgan fingerprint density at radius 2 is 1.80 bits per heavy atom. The molecule has 15 heteroatoms. The minimum atomic E-state index is -4.31. The van der Waals surface area contributed by atoms with Crippen LogP contribution < -0.4 is 14.9 Å². The zero-order chi connectivity index (χ0) is 28.8. The normalized spacial score (nSPS) is 14.2. The molecule has 208 valence electrons. The van der Waals surface area contributed by atoms with Gasteiger partial charge < -0.3 is 19.4 Å². The van der Waals surface area contributed by atoms with Crippen LogP contribution in [0.1, 0.15) is 22.3 Å². The van der Waals surface area contributed by atoms with E-state index in [2.05, 4.69) is 14.4 Å². The Bertz CT molecular complexity index is 1880. The number of halogens is 1. The number of esters is 1. The number of nitrogens with zero attached hydrogens (tertiary/aromatic N) is 2. The SMILES string of the molecule is COC(=O)c1c(N(Cc2ccc(F)cc2)C(=O)CC2=NS(=O)(=O)c3cc(NS(C)(=O)=O)ccc3N2)c2ccc1o2. The number of nitrogens with one attached hydrogen (secondary N) is 2. The summed E-state index contributed by atoms with van der Waals surface area (Å²) in [5.74, 6) is -2.09. The molecular weight excluding hydrogens is 567 g/mol. The molecular formula is C25H21FN4O8S2. The van der Waals surface area contributed by atoms with Gasteiger partial charge in [-0.2, -0.15) is 8.42 Å². The first-order chi connectivity index (χ1) is 18.8. The number of fused-ring (bicyclic) bond motifs is 3. The molecule has 0 saturated heterocycles. The number of methoxy groups -OCH3 is 1. The van der Waals surface area contributed by atoms with Crippen molar-refractivity contribution in [2.75, 3.05) is 28.3 Å². The number of sulfonamides is 2. The fourth-order valence-electron chi connectivity index (χ4n) is 4.28. The van der Waals surface area contributed by atoms with Gasteiger partial charge in [-0.15, -0.1) is 4.40 Å². The number of rotatable bonds is 8. The maximum Gasteiger partial charge on any atom is 0.343 e. The smallest absolute Gasteiger partial charge is 0.343 e. The molecule has 12 nitrogen and oxygen atoms in total. The van der Waals surface area contributed by atoms with E-state index >= 15 is 0 Å². The summed E-state index contributed by atoms with van der Waals surface area (Å²) in [7, 11) is -6.79. The lowest BCUT2D eigenvalue weighted by Gasteiger charge is -2.25. The van der Waals surface area contributed by atoms with Gasteiger partial charge in [0, 0.05) is 5.69 Å². The quantitative estimate of drug-likeness (QED) is 0.294. The third-order valence-corrected chi connectivity index (χ3v) is 7.89. The predicted octanol–water partition coefficient (Wildman–Crippen LogP) is 3.30. The van der Waals surface area contributed by atoms with Crippen molar-refractivity contribution in [3.8, 4) is 0 Å². The molecule has 4 aromatic rings. The average Bonchev–Trinajstić information content (AvgIpc) is 3.49. The molecule has 0 spiro atoms. The molecule has 0 aliphatic carbocycles. The van der Waals surface area contributed by atoms with Gasteiger partial charge >= 0.3 is 5.97 Å². The van der Waals surface area contributed by atoms with E-state index in [0.29, 0.717) is 5.56 Å². The van der Waals surface area contributed by atoms with E-state index in [0.717, 1.165) is 12.3 Å². The number of anilines is 3. The van der Waals surface area contributed by atoms with Crippen LogP contribution in [0.5, 0.6) is 0 Å². The maximum absolute atomic E-state index is 13.7. The summed E-state index contributed by atoms with van der Waals surface area (Å²) in [6.45, 7) is -0.111. The zero-order valence-corrected chi connectivity index (χ0v) is 22.6. The van der Waals surface area contributed by atoms with E-state index < -0.39 is 44.2 Å². The Kier molecular flexibility index (Phi) is 6.71. The van der Waals surface area contributed by atoms with Gasteiger partial charge in [-0.05, 0) is 48.0 Å². The first-order valence-electron chi connectivity index (χ1n) is 11.6. The third kappa shape index (κ3) is 5.33. The summed E-state index contributed by atoms with van der Waals surface area (Å²) < 4.78 is 78.9. The van der Waals surface area contributed by atoms with Crippen molar-refractivity contribution in [3.05, 3.63) is 71.5 Å². The Hall–Kier alpha value is -4.50. The summed E-state index contributed by atoms with van der Waals surface area (Å²) in [6, 6.07) is 12.3. The lowest BCUT2D eigenvalue weighted by molar-refractivity contribution is -0.117. The summed E-state index contributed by atoms with van der Waals surface area (Å²) in [5.41, 5.74) is 1.17. The second-order valence-electron chi connectivity index (χ2n) is 8.89. The van der Waals surface area contributed by atoms with E-state index in [1.807, 2.05) is 0 Å². The van der Waals surface area contributed by atoms with E-state index in [9.17, 15) is 30.8 Å². The van der Waals surface area contributed by atoms with Crippen molar-refractivity contribution >= 4 is 66.0 Å². The molecule has 0 fully saturated rings. The molecule has 2 N–H and O–H groups in total. The fraction of sp³-hybridized carbons (Fsp3) is 0.160. The number of furan rings is 2. The highest BCUT2D eigenvalue weighted by atomic mass is 32.2. The number of amidine groups is 1. The van der Waals surface area contributed by atoms with Gasteiger partial charge in [-0.1, -0.05) is 12.1 Å². The van der Waals surface area contributed by atoms with E-state index in [1.54, 1.807) is 12.1 Å². The van der Waals surface area contributed by atoms with Crippen LogP contribution in [0.25, 0.3) is 11.2 Å². The molecule has 0 unspecified atom stereocenters. The van der Waals surface area contributed by atoms with Crippen LogP contribution in [-0.2, 0) is 36.1 Å². The average molecular weight is 589 g/mol. The fourth-order valence-corrected chi connectivity index (χ4v) is 6.00. The first-order valence-corrected chi connectivity index (χ1v) is 14.9. The van der Waals surface area contributed by atoms with Crippen molar-refractivity contribution < 1.29 is 40.0 Å². The highest BCUT2D eigenvalue weighted by Crippen LogP contribution is 2.38. The van der Waals surface area contributed by atoms with Crippen LogP contribution in [-0.4, -0.2) is 47.9 Å². The number of ether oxygens (including phenoxy) is 1. The topological polar surface area (TPSA) is 164 Å². The lowest BCUT2D eigenvalue weighted by atomic mass is 10.1. The van der Waals surface area contributed by atoms with Crippen molar-refractivity contribution in [2.24, 2.45) is 4.40 Å². The standard InChI is InChI=1S/C25H21FN4O8S2/c1-37-25(32)23-18-9-10-19(38-18)24(23)30(13-14-3-5-15(26)6-4-14)22(31)12-21-27-17-8-7-16(28-39(2,33)34)11-20(17)40(35,36)29-21/h3-11,28H,12-13H2,1-2H3,(H,27,29). The number of carbonyl (C=O) groups excluding carboxylic acids is 2. The summed E-state index contributed by atoms with van der Waals surface area (Å²) in [5, 5.41) is 2.80. The predicted molar refractivity (Wildman–Crippen MR) is 144 cm³/mol. The Morgan fingerprint density at radius 3 is 2.48 bits per heavy atom. The zero-order valence-electron chi connectivity index (χ0n) is 21.0. The van der Waals surface area contributed by atoms with Crippen molar-refractivity contribution in [1.29, 1.82) is 0 Å². The molecule has 1 aliphatic rings. The van der Waals surface area contributed by atoms with Crippen molar-refractivity contribution in [1.82, 2.24) is 0 Å². The highest BCUT2D eigenvalue weighted by Gasteiger charge is 2.33. The van der Waals surface area contributed by atoms with Crippen LogP contribution in [0.4, 0.5) is 21.5 Å². The number of benzene rings is 3. The Balaban J connectivity index is 1.49. The molecule has 0 saturated carbocycles. The summed E-state index contributed by atoms with van der Waals surface area (Å²) in [4.78, 5) is 27.2. The summed E-state index contributed by atoms with van der Waals surface area (Å²) >= 11 is 0. The van der Waals surface area contributed by atoms with Gasteiger partial charge in [0.1, 0.15) is 33.4 Å². The molecule has 2 bridgehead atoms. The van der Waals surface area contributed by atoms with E-state index in [1.165, 1.54) is 48.4 Å². The van der Waals surface area contributed by atoms with Crippen LogP contribution in [0.2, 0.25) is 0 Å². The molecule has 40 heavy (non-hydrogen) atoms. The Morgan fingerprint density at radius 1 is 1.10 bits per heavy atom. The monoisotopic (exact) mass is 588 g/mol. The number of hydrogen-bond acceptors (Lipinski definition) is 9. The molecule has 2 aromatic heterocycles. The molecule has 2 aromatic carbocycles. The minimum absolute atomic E-state index is 0.0119. The minimum Gasteiger partial charge on any atom is -0.465 e. The first kappa shape index (κ1) is 27.1. The van der Waals surface area contributed by atoms with Crippen LogP contribution >= 0.6 is 0 Å². The molecule has 1 amide bonds. The molecule has 5 rings (SSSR count). The summed E-state index contributed by atoms with van der Waals surface area (Å²) in [6.07, 6.45) is 0.390. The van der Waals surface area contributed by atoms with Gasteiger partial charge in [-0.25, -0.2) is 17.6 Å². The number of carbonyl (C=O) groups is 2. The molecule has 0 radical (unpaired) electrons. The van der Waals surface area contributed by atoms with Gasteiger partial charge in [0.2, 0.25) is 15.9 Å². The maximum atomic E-state index is 13.7. The number of hydrogen-bond donors (Lipinski definition) is 2. The number of amides is 1. The molecule has 3 heterocycles. The van der Waals surface area contributed by atoms with Crippen molar-refractivity contribution in [3.63, 3.8) is 0 Å². The van der Waals surface area contributed by atoms with Crippen molar-refractivity contribution in [2.45, 2.75) is 17.9 Å².